The molecule has 0 aliphatic rings. The lowest BCUT2D eigenvalue weighted by Gasteiger charge is -2.10. The van der Waals surface area contributed by atoms with E-state index in [1.54, 1.807) is 6.08 Å². The highest BCUT2D eigenvalue weighted by Gasteiger charge is 2.35. The molecular weight excluding hydrogens is 356 g/mol. The standard InChI is InChI=1S/C18H16F4O2S/c19-17-11-10-15(13-16(17)18(20,21)22)25(23,24)12-6-2-5-9-14-7-3-1-4-8-14/h1-4,6-8,10-11,13H,5,9,12H2. The lowest BCUT2D eigenvalue weighted by atomic mass is 10.1. The molecule has 0 radical (unpaired) electrons. The van der Waals surface area contributed by atoms with Crippen molar-refractivity contribution in [1.29, 1.82) is 0 Å². The summed E-state index contributed by atoms with van der Waals surface area (Å²) in [5.74, 6) is -1.94. The van der Waals surface area contributed by atoms with Crippen molar-refractivity contribution in [3.63, 3.8) is 0 Å². The number of rotatable bonds is 6. The molecule has 2 nitrogen and oxygen atoms in total. The van der Waals surface area contributed by atoms with Gasteiger partial charge >= 0.3 is 6.18 Å². The Hall–Kier alpha value is -2.15. The molecule has 0 amide bonds. The van der Waals surface area contributed by atoms with Crippen LogP contribution in [0.25, 0.3) is 0 Å². The zero-order chi connectivity index (χ0) is 18.5. The molecule has 2 aromatic rings. The van der Waals surface area contributed by atoms with Crippen LogP contribution in [0, 0.1) is 5.82 Å². The number of halogens is 4. The highest BCUT2D eigenvalue weighted by atomic mass is 32.2. The molecule has 0 atom stereocenters. The summed E-state index contributed by atoms with van der Waals surface area (Å²) in [6, 6.07) is 11.3. The summed E-state index contributed by atoms with van der Waals surface area (Å²) < 4.78 is 75.5. The van der Waals surface area contributed by atoms with Crippen LogP contribution < -0.4 is 0 Å². The Labute approximate surface area is 143 Å². The third-order valence-corrected chi connectivity index (χ3v) is 5.13. The van der Waals surface area contributed by atoms with Gasteiger partial charge in [-0.15, -0.1) is 0 Å². The van der Waals surface area contributed by atoms with Crippen molar-refractivity contribution in [2.45, 2.75) is 23.9 Å². The number of aryl methyl sites for hydroxylation is 1. The maximum atomic E-state index is 13.2. The zero-order valence-corrected chi connectivity index (χ0v) is 13.9. The number of alkyl halides is 3. The monoisotopic (exact) mass is 372 g/mol. The van der Waals surface area contributed by atoms with Crippen molar-refractivity contribution < 1.29 is 26.0 Å². The third kappa shape index (κ3) is 5.42. The molecule has 0 saturated heterocycles. The van der Waals surface area contributed by atoms with Crippen molar-refractivity contribution >= 4 is 9.84 Å². The number of hydrogen-bond acceptors (Lipinski definition) is 2. The molecule has 25 heavy (non-hydrogen) atoms. The second kappa shape index (κ2) is 7.82. The summed E-state index contributed by atoms with van der Waals surface area (Å²) in [7, 11) is -3.96. The molecule has 0 spiro atoms. The number of benzene rings is 2. The Bertz CT molecular complexity index is 841. The minimum Gasteiger partial charge on any atom is -0.223 e. The molecule has 0 heterocycles. The van der Waals surface area contributed by atoms with Crippen LogP contribution in [-0.4, -0.2) is 14.2 Å². The first-order chi connectivity index (χ1) is 11.7. The van der Waals surface area contributed by atoms with Gasteiger partial charge in [-0.05, 0) is 36.6 Å². The van der Waals surface area contributed by atoms with Crippen LogP contribution in [0.5, 0.6) is 0 Å². The summed E-state index contributed by atoms with van der Waals surface area (Å²) in [5.41, 5.74) is -0.481. The average Bonchev–Trinajstić information content (AvgIpc) is 2.54. The molecule has 0 bridgehead atoms. The molecule has 0 saturated carbocycles. The van der Waals surface area contributed by atoms with Gasteiger partial charge < -0.3 is 0 Å². The number of sulfone groups is 1. The van der Waals surface area contributed by atoms with Gasteiger partial charge in [0.1, 0.15) is 5.82 Å². The van der Waals surface area contributed by atoms with E-state index in [4.69, 9.17) is 0 Å². The van der Waals surface area contributed by atoms with Crippen molar-refractivity contribution in [3.8, 4) is 0 Å². The molecule has 2 rings (SSSR count). The number of hydrogen-bond donors (Lipinski definition) is 0. The molecule has 7 heteroatoms. The zero-order valence-electron chi connectivity index (χ0n) is 13.1. The van der Waals surface area contributed by atoms with Crippen LogP contribution in [-0.2, 0) is 22.4 Å². The van der Waals surface area contributed by atoms with Crippen LogP contribution in [0.2, 0.25) is 0 Å². The lowest BCUT2D eigenvalue weighted by molar-refractivity contribution is -0.140. The Morgan fingerprint density at radius 2 is 1.64 bits per heavy atom. The highest BCUT2D eigenvalue weighted by Crippen LogP contribution is 2.32. The molecule has 0 N–H and O–H groups in total. The van der Waals surface area contributed by atoms with Gasteiger partial charge in [0, 0.05) is 0 Å². The minimum atomic E-state index is -4.94. The van der Waals surface area contributed by atoms with E-state index < -0.39 is 38.0 Å². The van der Waals surface area contributed by atoms with Gasteiger partial charge in [0.2, 0.25) is 0 Å². The van der Waals surface area contributed by atoms with Crippen LogP contribution in [0.4, 0.5) is 17.6 Å². The Balaban J connectivity index is 2.03. The van der Waals surface area contributed by atoms with Gasteiger partial charge in [0.25, 0.3) is 0 Å². The summed E-state index contributed by atoms with van der Waals surface area (Å²) in [6.07, 6.45) is -0.544. The molecular formula is C18H16F4O2S. The first-order valence-electron chi connectivity index (χ1n) is 7.48. The fraction of sp³-hybridized carbons (Fsp3) is 0.222. The van der Waals surface area contributed by atoms with Crippen LogP contribution in [0.1, 0.15) is 17.5 Å². The van der Waals surface area contributed by atoms with Crippen molar-refractivity contribution in [2.75, 3.05) is 5.75 Å². The van der Waals surface area contributed by atoms with Crippen LogP contribution >= 0.6 is 0 Å². The summed E-state index contributed by atoms with van der Waals surface area (Å²) in [4.78, 5) is -0.547. The molecule has 0 aromatic heterocycles. The first kappa shape index (κ1) is 19.2. The minimum absolute atomic E-state index is 0.336. The fourth-order valence-electron chi connectivity index (χ4n) is 2.22. The van der Waals surface area contributed by atoms with E-state index in [1.165, 1.54) is 6.08 Å². The predicted molar refractivity (Wildman–Crippen MR) is 87.4 cm³/mol. The number of allylic oxidation sites excluding steroid dienone is 1. The van der Waals surface area contributed by atoms with Gasteiger partial charge in [0.05, 0.1) is 16.2 Å². The van der Waals surface area contributed by atoms with Gasteiger partial charge in [-0.2, -0.15) is 13.2 Å². The van der Waals surface area contributed by atoms with E-state index >= 15 is 0 Å². The van der Waals surface area contributed by atoms with E-state index in [2.05, 4.69) is 0 Å². The van der Waals surface area contributed by atoms with Gasteiger partial charge in [-0.3, -0.25) is 0 Å². The molecule has 0 aliphatic heterocycles. The van der Waals surface area contributed by atoms with Crippen molar-refractivity contribution in [1.82, 2.24) is 0 Å². The normalized spacial score (nSPS) is 12.6. The lowest BCUT2D eigenvalue weighted by Crippen LogP contribution is -2.11. The van der Waals surface area contributed by atoms with E-state index in [1.807, 2.05) is 30.3 Å². The maximum absolute atomic E-state index is 13.2. The molecule has 134 valence electrons. The Kier molecular flexibility index (Phi) is 6.00. The summed E-state index contributed by atoms with van der Waals surface area (Å²) in [5, 5.41) is 0. The molecule has 0 unspecified atom stereocenters. The van der Waals surface area contributed by atoms with Gasteiger partial charge in [-0.25, -0.2) is 12.8 Å². The molecule has 0 fully saturated rings. The Morgan fingerprint density at radius 1 is 0.960 bits per heavy atom. The summed E-state index contributed by atoms with van der Waals surface area (Å²) in [6.45, 7) is 0. The predicted octanol–water partition coefficient (Wildman–Crippen LogP) is 4.81. The average molecular weight is 372 g/mol. The second-order valence-electron chi connectivity index (χ2n) is 5.42. The largest absolute Gasteiger partial charge is 0.419 e. The smallest absolute Gasteiger partial charge is 0.223 e. The van der Waals surface area contributed by atoms with Gasteiger partial charge in [-0.1, -0.05) is 42.5 Å². The van der Waals surface area contributed by atoms with Crippen molar-refractivity contribution in [2.24, 2.45) is 0 Å². The fourth-order valence-corrected chi connectivity index (χ4v) is 3.37. The molecule has 2 aromatic carbocycles. The SMILES string of the molecule is O=S(=O)(CC=CCCc1ccccc1)c1ccc(F)c(C(F)(F)F)c1. The topological polar surface area (TPSA) is 34.1 Å². The van der Waals surface area contributed by atoms with Gasteiger partial charge in [0.15, 0.2) is 9.84 Å². The highest BCUT2D eigenvalue weighted by molar-refractivity contribution is 7.91. The van der Waals surface area contributed by atoms with Crippen molar-refractivity contribution in [3.05, 3.63) is 77.6 Å². The van der Waals surface area contributed by atoms with E-state index in [9.17, 15) is 26.0 Å². The van der Waals surface area contributed by atoms with E-state index in [-0.39, 0.29) is 0 Å². The third-order valence-electron chi connectivity index (χ3n) is 3.53. The summed E-state index contributed by atoms with van der Waals surface area (Å²) >= 11 is 0. The Morgan fingerprint density at radius 3 is 2.28 bits per heavy atom. The first-order valence-corrected chi connectivity index (χ1v) is 9.14. The van der Waals surface area contributed by atoms with E-state index in [0.717, 1.165) is 18.1 Å². The maximum Gasteiger partial charge on any atom is 0.419 e. The van der Waals surface area contributed by atoms with E-state index in [0.29, 0.717) is 18.6 Å². The quantitative estimate of drug-likeness (QED) is 0.414. The second-order valence-corrected chi connectivity index (χ2v) is 7.45. The van der Waals surface area contributed by atoms with Crippen LogP contribution in [0.3, 0.4) is 0 Å². The van der Waals surface area contributed by atoms with Crippen LogP contribution in [0.15, 0.2) is 65.6 Å². The molecule has 0 aliphatic carbocycles.